The number of hydrogen-bond donors (Lipinski definition) is 1. The van der Waals surface area contributed by atoms with Crippen LogP contribution < -0.4 is 9.47 Å². The van der Waals surface area contributed by atoms with Gasteiger partial charge < -0.3 is 24.2 Å². The number of piperazine rings is 1. The van der Waals surface area contributed by atoms with Crippen LogP contribution in [-0.2, 0) is 20.9 Å². The molecule has 8 nitrogen and oxygen atoms in total. The summed E-state index contributed by atoms with van der Waals surface area (Å²) in [7, 11) is 0. The topological polar surface area (TPSA) is 88.5 Å². The average molecular weight is 388 g/mol. The molecule has 1 aromatic rings. The van der Waals surface area contributed by atoms with Crippen molar-refractivity contribution < 1.29 is 28.9 Å². The predicted molar refractivity (Wildman–Crippen MR) is 96.9 cm³/mol. The van der Waals surface area contributed by atoms with E-state index in [1.807, 2.05) is 23.1 Å². The van der Waals surface area contributed by atoms with Crippen molar-refractivity contribution in [2.24, 2.45) is 11.8 Å². The van der Waals surface area contributed by atoms with E-state index in [2.05, 4.69) is 4.90 Å². The molecule has 1 amide bonds. The van der Waals surface area contributed by atoms with E-state index in [1.54, 1.807) is 0 Å². The van der Waals surface area contributed by atoms with Gasteiger partial charge in [-0.1, -0.05) is 6.07 Å². The highest BCUT2D eigenvalue weighted by Crippen LogP contribution is 2.44. The lowest BCUT2D eigenvalue weighted by Crippen LogP contribution is -2.53. The standard InChI is InChI=1S/C20H24N2O6/c23-19(17-14-3-4-15(28-14)18(17)20(24)25)22-7-5-21(6-8-22)10-12-1-2-13-16(9-12)27-11-26-13/h1-2,9,14-15,17-18H,3-8,10-11H2,(H,24,25)/t14-,15+,17+,18+/m1/s1. The highest BCUT2D eigenvalue weighted by atomic mass is 16.7. The molecule has 0 unspecified atom stereocenters. The number of nitrogens with zero attached hydrogens (tertiary/aromatic N) is 2. The average Bonchev–Trinajstić information content (AvgIpc) is 3.43. The van der Waals surface area contributed by atoms with Crippen LogP contribution in [0.5, 0.6) is 11.5 Å². The number of aliphatic carboxylic acids is 1. The number of fused-ring (bicyclic) bond motifs is 3. The minimum Gasteiger partial charge on any atom is -0.481 e. The number of rotatable bonds is 4. The Morgan fingerprint density at radius 2 is 1.71 bits per heavy atom. The Hall–Kier alpha value is -2.32. The van der Waals surface area contributed by atoms with Gasteiger partial charge in [0.25, 0.3) is 0 Å². The number of carboxylic acids is 1. The number of carboxylic acid groups (broad SMARTS) is 1. The molecule has 2 bridgehead atoms. The van der Waals surface area contributed by atoms with E-state index in [9.17, 15) is 14.7 Å². The third kappa shape index (κ3) is 3.00. The van der Waals surface area contributed by atoms with Crippen LogP contribution in [-0.4, -0.2) is 72.0 Å². The quantitative estimate of drug-likeness (QED) is 0.821. The van der Waals surface area contributed by atoms with Gasteiger partial charge in [-0.15, -0.1) is 0 Å². The van der Waals surface area contributed by atoms with Gasteiger partial charge in [0, 0.05) is 32.7 Å². The van der Waals surface area contributed by atoms with E-state index in [1.165, 1.54) is 0 Å². The van der Waals surface area contributed by atoms with Crippen molar-refractivity contribution in [2.75, 3.05) is 33.0 Å². The zero-order valence-electron chi connectivity index (χ0n) is 15.6. The number of carbonyl (C=O) groups excluding carboxylic acids is 1. The van der Waals surface area contributed by atoms with Crippen molar-refractivity contribution in [3.8, 4) is 11.5 Å². The third-order valence-electron chi connectivity index (χ3n) is 6.37. The van der Waals surface area contributed by atoms with Gasteiger partial charge in [-0.05, 0) is 30.5 Å². The molecule has 0 aromatic heterocycles. The van der Waals surface area contributed by atoms with Gasteiger partial charge in [0.2, 0.25) is 12.7 Å². The fourth-order valence-corrected chi connectivity index (χ4v) is 4.94. The Balaban J connectivity index is 1.19. The van der Waals surface area contributed by atoms with Crippen LogP contribution in [0.15, 0.2) is 18.2 Å². The Bertz CT molecular complexity index is 791. The maximum atomic E-state index is 13.0. The Morgan fingerprint density at radius 3 is 2.46 bits per heavy atom. The third-order valence-corrected chi connectivity index (χ3v) is 6.37. The van der Waals surface area contributed by atoms with E-state index in [4.69, 9.17) is 14.2 Å². The molecule has 0 spiro atoms. The maximum Gasteiger partial charge on any atom is 0.310 e. The second-order valence-corrected chi connectivity index (χ2v) is 7.97. The minimum absolute atomic E-state index is 0.0534. The van der Waals surface area contributed by atoms with E-state index < -0.39 is 17.8 Å². The SMILES string of the molecule is O=C(O)[C@@H]1[C@@H](C(=O)N2CCN(Cc3ccc4c(c3)OCO4)CC2)[C@H]2CC[C@@H]1O2. The summed E-state index contributed by atoms with van der Waals surface area (Å²) in [6.45, 7) is 3.81. The van der Waals surface area contributed by atoms with Crippen molar-refractivity contribution in [1.29, 1.82) is 0 Å². The molecule has 4 heterocycles. The minimum atomic E-state index is -0.910. The zero-order valence-corrected chi connectivity index (χ0v) is 15.6. The van der Waals surface area contributed by atoms with Gasteiger partial charge in [-0.3, -0.25) is 14.5 Å². The van der Waals surface area contributed by atoms with Crippen LogP contribution in [0.2, 0.25) is 0 Å². The molecular weight excluding hydrogens is 364 g/mol. The van der Waals surface area contributed by atoms with Crippen molar-refractivity contribution in [1.82, 2.24) is 9.80 Å². The first-order valence-electron chi connectivity index (χ1n) is 9.88. The Kier molecular flexibility index (Phi) is 4.40. The number of carbonyl (C=O) groups is 2. The first-order valence-corrected chi connectivity index (χ1v) is 9.88. The van der Waals surface area contributed by atoms with Gasteiger partial charge in [0.1, 0.15) is 0 Å². The number of amides is 1. The summed E-state index contributed by atoms with van der Waals surface area (Å²) < 4.78 is 16.5. The van der Waals surface area contributed by atoms with E-state index in [0.29, 0.717) is 13.1 Å². The molecule has 1 aromatic carbocycles. The maximum absolute atomic E-state index is 13.0. The van der Waals surface area contributed by atoms with Crippen LogP contribution in [0.25, 0.3) is 0 Å². The second kappa shape index (κ2) is 6.93. The van der Waals surface area contributed by atoms with Gasteiger partial charge in [0.15, 0.2) is 11.5 Å². The summed E-state index contributed by atoms with van der Waals surface area (Å²) in [5.74, 6) is -0.633. The fourth-order valence-electron chi connectivity index (χ4n) is 4.94. The van der Waals surface area contributed by atoms with Crippen LogP contribution >= 0.6 is 0 Å². The van der Waals surface area contributed by atoms with Crippen LogP contribution in [0.1, 0.15) is 18.4 Å². The van der Waals surface area contributed by atoms with Gasteiger partial charge in [0.05, 0.1) is 24.0 Å². The monoisotopic (exact) mass is 388 g/mol. The molecule has 3 saturated heterocycles. The van der Waals surface area contributed by atoms with E-state index in [-0.39, 0.29) is 24.9 Å². The highest BCUT2D eigenvalue weighted by molar-refractivity contribution is 5.86. The highest BCUT2D eigenvalue weighted by Gasteiger charge is 2.56. The molecule has 0 radical (unpaired) electrons. The lowest BCUT2D eigenvalue weighted by Gasteiger charge is -2.37. The Labute approximate surface area is 162 Å². The summed E-state index contributed by atoms with van der Waals surface area (Å²) in [4.78, 5) is 28.8. The molecule has 150 valence electrons. The summed E-state index contributed by atoms with van der Waals surface area (Å²) in [6.07, 6.45) is 0.998. The number of hydrogen-bond acceptors (Lipinski definition) is 6. The van der Waals surface area contributed by atoms with Crippen LogP contribution in [0.4, 0.5) is 0 Å². The van der Waals surface area contributed by atoms with Crippen LogP contribution in [0, 0.1) is 11.8 Å². The van der Waals surface area contributed by atoms with E-state index in [0.717, 1.165) is 49.5 Å². The molecule has 0 aliphatic carbocycles. The predicted octanol–water partition coefficient (Wildman–Crippen LogP) is 0.938. The first-order chi connectivity index (χ1) is 13.6. The summed E-state index contributed by atoms with van der Waals surface area (Å²) in [5, 5.41) is 9.55. The Morgan fingerprint density at radius 1 is 1.00 bits per heavy atom. The van der Waals surface area contributed by atoms with Crippen LogP contribution in [0.3, 0.4) is 0 Å². The summed E-state index contributed by atoms with van der Waals surface area (Å²) in [6, 6.07) is 5.97. The molecule has 1 N–H and O–H groups in total. The van der Waals surface area contributed by atoms with Crippen molar-refractivity contribution in [3.05, 3.63) is 23.8 Å². The smallest absolute Gasteiger partial charge is 0.310 e. The number of benzene rings is 1. The molecule has 8 heteroatoms. The first kappa shape index (κ1) is 17.8. The van der Waals surface area contributed by atoms with E-state index >= 15 is 0 Å². The van der Waals surface area contributed by atoms with Crippen molar-refractivity contribution in [2.45, 2.75) is 31.6 Å². The molecule has 28 heavy (non-hydrogen) atoms. The number of ether oxygens (including phenoxy) is 3. The van der Waals surface area contributed by atoms with Gasteiger partial charge in [-0.25, -0.2) is 0 Å². The van der Waals surface area contributed by atoms with Crippen molar-refractivity contribution in [3.63, 3.8) is 0 Å². The molecule has 5 rings (SSSR count). The normalized spacial score (nSPS) is 31.4. The molecule has 4 aliphatic rings. The molecular formula is C20H24N2O6. The molecule has 0 saturated carbocycles. The van der Waals surface area contributed by atoms with Gasteiger partial charge >= 0.3 is 5.97 Å². The summed E-state index contributed by atoms with van der Waals surface area (Å²) >= 11 is 0. The largest absolute Gasteiger partial charge is 0.481 e. The summed E-state index contributed by atoms with van der Waals surface area (Å²) in [5.41, 5.74) is 1.15. The second-order valence-electron chi connectivity index (χ2n) is 7.97. The molecule has 4 atom stereocenters. The van der Waals surface area contributed by atoms with Crippen molar-refractivity contribution >= 4 is 11.9 Å². The van der Waals surface area contributed by atoms with Gasteiger partial charge in [-0.2, -0.15) is 0 Å². The lowest BCUT2D eigenvalue weighted by molar-refractivity contribution is -0.151. The molecule has 4 aliphatic heterocycles. The molecule has 3 fully saturated rings. The lowest BCUT2D eigenvalue weighted by atomic mass is 9.78. The zero-order chi connectivity index (χ0) is 19.3. The fraction of sp³-hybridized carbons (Fsp3) is 0.600.